The lowest BCUT2D eigenvalue weighted by Crippen LogP contribution is -2.01. The summed E-state index contributed by atoms with van der Waals surface area (Å²) in [6, 6.07) is 75.5. The number of nitrogens with zero attached hydrogens (tertiary/aromatic N) is 4. The molecule has 4 heterocycles. The molecule has 0 unspecified atom stereocenters. The SMILES string of the molecule is c1ccc(-n2c3ccccc3c3ccc(-n4c5ccccc5c5cccc(-n6c7ccccc7c7cc(-n8c9ccccc9c9ccccc98)ccc76)c54)cc32)cc1. The van der Waals surface area contributed by atoms with E-state index in [0.29, 0.717) is 0 Å². The first kappa shape index (κ1) is 31.4. The third kappa shape index (κ3) is 4.23. The third-order valence-electron chi connectivity index (χ3n) is 12.3. The molecule has 0 spiro atoms. The molecule has 4 heteroatoms. The molecule has 0 bridgehead atoms. The molecule has 0 amide bonds. The second-order valence-electron chi connectivity index (χ2n) is 15.3. The fraction of sp³-hybridized carbons (Fsp3) is 0. The number of fused-ring (bicyclic) bond motifs is 12. The van der Waals surface area contributed by atoms with Crippen LogP contribution >= 0.6 is 0 Å². The number of rotatable bonds is 4. The Bertz CT molecular complexity index is 3740. The molecule has 270 valence electrons. The van der Waals surface area contributed by atoms with Crippen LogP contribution in [0.3, 0.4) is 0 Å². The quantitative estimate of drug-likeness (QED) is 0.171. The van der Waals surface area contributed by atoms with E-state index in [4.69, 9.17) is 0 Å². The van der Waals surface area contributed by atoms with Crippen LogP contribution in [0.15, 0.2) is 206 Å². The van der Waals surface area contributed by atoms with Crippen molar-refractivity contribution in [3.05, 3.63) is 206 Å². The Labute approximate surface area is 333 Å². The molecule has 0 radical (unpaired) electrons. The van der Waals surface area contributed by atoms with Gasteiger partial charge in [0.1, 0.15) is 0 Å². The maximum atomic E-state index is 2.49. The highest BCUT2D eigenvalue weighted by atomic mass is 15.1. The van der Waals surface area contributed by atoms with Crippen molar-refractivity contribution in [2.24, 2.45) is 0 Å². The summed E-state index contributed by atoms with van der Waals surface area (Å²) >= 11 is 0. The Kier molecular flexibility index (Phi) is 6.41. The van der Waals surface area contributed by atoms with E-state index >= 15 is 0 Å². The third-order valence-corrected chi connectivity index (χ3v) is 12.3. The molecular formula is C54H34N4. The Morgan fingerprint density at radius 2 is 0.621 bits per heavy atom. The van der Waals surface area contributed by atoms with E-state index in [9.17, 15) is 0 Å². The van der Waals surface area contributed by atoms with Crippen LogP contribution in [0.25, 0.3) is 110 Å². The lowest BCUT2D eigenvalue weighted by atomic mass is 10.1. The molecule has 0 fully saturated rings. The lowest BCUT2D eigenvalue weighted by Gasteiger charge is -2.15. The Balaban J connectivity index is 1.11. The zero-order valence-corrected chi connectivity index (χ0v) is 31.4. The van der Waals surface area contributed by atoms with Gasteiger partial charge < -0.3 is 18.3 Å². The van der Waals surface area contributed by atoms with Crippen LogP contribution in [0.4, 0.5) is 0 Å². The van der Waals surface area contributed by atoms with Gasteiger partial charge in [-0.1, -0.05) is 127 Å². The maximum Gasteiger partial charge on any atom is 0.0782 e. The van der Waals surface area contributed by atoms with Crippen LogP contribution in [-0.4, -0.2) is 18.3 Å². The van der Waals surface area contributed by atoms with E-state index in [1.807, 2.05) is 0 Å². The first-order chi connectivity index (χ1) is 28.8. The van der Waals surface area contributed by atoms with Gasteiger partial charge >= 0.3 is 0 Å². The monoisotopic (exact) mass is 738 g/mol. The maximum absolute atomic E-state index is 2.49. The molecule has 4 nitrogen and oxygen atoms in total. The second kappa shape index (κ2) is 11.8. The van der Waals surface area contributed by atoms with E-state index in [0.717, 1.165) is 22.7 Å². The van der Waals surface area contributed by atoms with Crippen LogP contribution in [-0.2, 0) is 0 Å². The van der Waals surface area contributed by atoms with Crippen LogP contribution in [0.5, 0.6) is 0 Å². The van der Waals surface area contributed by atoms with E-state index in [2.05, 4.69) is 225 Å². The molecule has 0 N–H and O–H groups in total. The minimum atomic E-state index is 1.13. The summed E-state index contributed by atoms with van der Waals surface area (Å²) in [7, 11) is 0. The smallest absolute Gasteiger partial charge is 0.0782 e. The van der Waals surface area contributed by atoms with Crippen molar-refractivity contribution in [1.82, 2.24) is 18.3 Å². The van der Waals surface area contributed by atoms with Crippen LogP contribution in [0, 0.1) is 0 Å². The zero-order valence-electron chi connectivity index (χ0n) is 31.4. The van der Waals surface area contributed by atoms with Crippen molar-refractivity contribution >= 4 is 87.2 Å². The highest BCUT2D eigenvalue weighted by Crippen LogP contribution is 2.42. The van der Waals surface area contributed by atoms with Gasteiger partial charge in [0, 0.05) is 60.2 Å². The minimum Gasteiger partial charge on any atom is -0.309 e. The van der Waals surface area contributed by atoms with Crippen molar-refractivity contribution in [2.75, 3.05) is 0 Å². The molecule has 13 aromatic rings. The summed E-state index contributed by atoms with van der Waals surface area (Å²) in [6.07, 6.45) is 0. The predicted molar refractivity (Wildman–Crippen MR) is 244 cm³/mol. The Morgan fingerprint density at radius 1 is 0.207 bits per heavy atom. The predicted octanol–water partition coefficient (Wildman–Crippen LogP) is 14.1. The number of para-hydroxylation sites is 7. The van der Waals surface area contributed by atoms with E-state index in [1.54, 1.807) is 0 Å². The van der Waals surface area contributed by atoms with Crippen LogP contribution < -0.4 is 0 Å². The van der Waals surface area contributed by atoms with Crippen LogP contribution in [0.2, 0.25) is 0 Å². The number of hydrogen-bond donors (Lipinski definition) is 0. The molecule has 9 aromatic carbocycles. The summed E-state index contributed by atoms with van der Waals surface area (Å²) in [4.78, 5) is 0. The summed E-state index contributed by atoms with van der Waals surface area (Å²) in [6.45, 7) is 0. The van der Waals surface area contributed by atoms with Gasteiger partial charge in [0.25, 0.3) is 0 Å². The van der Waals surface area contributed by atoms with E-state index in [1.165, 1.54) is 87.2 Å². The van der Waals surface area contributed by atoms with Gasteiger partial charge in [-0.15, -0.1) is 0 Å². The molecular weight excluding hydrogens is 705 g/mol. The molecule has 58 heavy (non-hydrogen) atoms. The molecule has 0 atom stereocenters. The highest BCUT2D eigenvalue weighted by molar-refractivity contribution is 6.16. The molecule has 0 aliphatic rings. The molecule has 0 saturated heterocycles. The fourth-order valence-electron chi connectivity index (χ4n) is 9.96. The molecule has 4 aromatic heterocycles. The number of benzene rings is 9. The normalized spacial score (nSPS) is 12.1. The second-order valence-corrected chi connectivity index (χ2v) is 15.3. The van der Waals surface area contributed by atoms with Crippen molar-refractivity contribution < 1.29 is 0 Å². The summed E-state index contributed by atoms with van der Waals surface area (Å²) in [5.41, 5.74) is 14.1. The average molecular weight is 739 g/mol. The Hall–Kier alpha value is -7.82. The topological polar surface area (TPSA) is 19.7 Å². The van der Waals surface area contributed by atoms with Gasteiger partial charge in [0.05, 0.1) is 49.8 Å². The highest BCUT2D eigenvalue weighted by Gasteiger charge is 2.22. The van der Waals surface area contributed by atoms with E-state index < -0.39 is 0 Å². The van der Waals surface area contributed by atoms with Gasteiger partial charge in [-0.3, -0.25) is 0 Å². The standard InChI is InChI=1S/C54H34N4/c1-2-15-35(16-3-1)55-46-23-9-6-19-40(46)43-31-29-37(34-53(43)55)57-49-26-12-7-20-41(49)44-22-14-28-52(54(44)57)58-50-27-13-8-21-42(50)45-33-36(30-32-51(45)58)56-47-24-10-4-17-38(47)39-18-5-11-25-48(39)56/h1-34H. The van der Waals surface area contributed by atoms with Crippen molar-refractivity contribution in [3.63, 3.8) is 0 Å². The van der Waals surface area contributed by atoms with Crippen molar-refractivity contribution in [2.45, 2.75) is 0 Å². The molecule has 0 saturated carbocycles. The summed E-state index contributed by atoms with van der Waals surface area (Å²) in [5.74, 6) is 0. The van der Waals surface area contributed by atoms with Gasteiger partial charge in [-0.2, -0.15) is 0 Å². The first-order valence-corrected chi connectivity index (χ1v) is 20.0. The van der Waals surface area contributed by atoms with Gasteiger partial charge in [0.15, 0.2) is 0 Å². The summed E-state index contributed by atoms with van der Waals surface area (Å²) < 4.78 is 9.79. The van der Waals surface area contributed by atoms with Gasteiger partial charge in [0.2, 0.25) is 0 Å². The summed E-state index contributed by atoms with van der Waals surface area (Å²) in [5, 5.41) is 9.94. The van der Waals surface area contributed by atoms with Crippen molar-refractivity contribution in [3.8, 4) is 22.7 Å². The Morgan fingerprint density at radius 3 is 1.24 bits per heavy atom. The lowest BCUT2D eigenvalue weighted by molar-refractivity contribution is 1.12. The molecule has 13 rings (SSSR count). The zero-order chi connectivity index (χ0) is 37.9. The average Bonchev–Trinajstić information content (AvgIpc) is 4.01. The largest absolute Gasteiger partial charge is 0.309 e. The molecule has 0 aliphatic carbocycles. The molecule has 0 aliphatic heterocycles. The fourth-order valence-corrected chi connectivity index (χ4v) is 9.96. The number of hydrogen-bond acceptors (Lipinski definition) is 0. The van der Waals surface area contributed by atoms with Crippen LogP contribution in [0.1, 0.15) is 0 Å². The van der Waals surface area contributed by atoms with E-state index in [-0.39, 0.29) is 0 Å². The first-order valence-electron chi connectivity index (χ1n) is 20.0. The number of aromatic nitrogens is 4. The van der Waals surface area contributed by atoms with Gasteiger partial charge in [-0.05, 0) is 78.9 Å². The van der Waals surface area contributed by atoms with Crippen molar-refractivity contribution in [1.29, 1.82) is 0 Å². The van der Waals surface area contributed by atoms with Gasteiger partial charge in [-0.25, -0.2) is 0 Å². The minimum absolute atomic E-state index is 1.13.